The number of benzene rings is 1. The third kappa shape index (κ3) is 6.36. The van der Waals surface area contributed by atoms with Crippen molar-refractivity contribution >= 4 is 23.3 Å². The molecule has 0 saturated carbocycles. The number of aromatic amines is 1. The fourth-order valence-electron chi connectivity index (χ4n) is 5.79. The van der Waals surface area contributed by atoms with Gasteiger partial charge in [-0.05, 0) is 70.2 Å². The summed E-state index contributed by atoms with van der Waals surface area (Å²) in [5, 5.41) is 3.05. The van der Waals surface area contributed by atoms with Crippen molar-refractivity contribution in [1.29, 1.82) is 0 Å². The molecular weight excluding hydrogens is 534 g/mol. The number of imidazole rings is 1. The van der Waals surface area contributed by atoms with Gasteiger partial charge < -0.3 is 19.9 Å². The average molecular weight is 571 g/mol. The van der Waals surface area contributed by atoms with Gasteiger partial charge in [0.2, 0.25) is 0 Å². The van der Waals surface area contributed by atoms with Gasteiger partial charge in [-0.2, -0.15) is 0 Å². The Bertz CT molecular complexity index is 1470. The molecule has 220 valence electrons. The van der Waals surface area contributed by atoms with E-state index in [4.69, 9.17) is 4.74 Å². The first kappa shape index (κ1) is 28.6. The Balaban J connectivity index is 1.26. The lowest BCUT2D eigenvalue weighted by atomic mass is 9.93. The number of likely N-dealkylation sites (tertiary alicyclic amines) is 2. The zero-order valence-electron chi connectivity index (χ0n) is 23.5. The molecule has 3 aromatic rings. The minimum absolute atomic E-state index is 0.0630. The van der Waals surface area contributed by atoms with Crippen molar-refractivity contribution in [2.45, 2.75) is 70.1 Å². The number of hydrogen-bond donors (Lipinski definition) is 2. The molecule has 41 heavy (non-hydrogen) atoms. The molecule has 0 radical (unpaired) electrons. The van der Waals surface area contributed by atoms with E-state index in [1.807, 2.05) is 6.07 Å². The standard InChI is InChI=1S/C29H36F2N6O4/c1-29(2,3)41-28(40)36-16-18(21-6-4-7-22(30)24(21)31)9-10-19(17-36)33-26(38)35-14-11-20(12-15-35)37-23-8-5-13-32-25(23)34-27(37)39/h4-8,13,18-20H,9-12,14-17H2,1-3H3,(H,33,38)(H,32,34,39)/t18-,19-/m1/s1. The van der Waals surface area contributed by atoms with Crippen LogP contribution in [0.15, 0.2) is 41.3 Å². The molecule has 2 aliphatic rings. The number of halogens is 2. The molecule has 12 heteroatoms. The number of amides is 3. The predicted molar refractivity (Wildman–Crippen MR) is 149 cm³/mol. The molecule has 2 fully saturated rings. The highest BCUT2D eigenvalue weighted by atomic mass is 19.2. The predicted octanol–water partition coefficient (Wildman–Crippen LogP) is 4.53. The summed E-state index contributed by atoms with van der Waals surface area (Å²) in [6, 6.07) is 6.97. The van der Waals surface area contributed by atoms with Crippen LogP contribution in [0.1, 0.15) is 64.0 Å². The molecule has 3 amide bonds. The number of nitrogens with one attached hydrogen (secondary N) is 2. The summed E-state index contributed by atoms with van der Waals surface area (Å²) in [5.74, 6) is -2.31. The summed E-state index contributed by atoms with van der Waals surface area (Å²) in [5.41, 5.74) is 0.527. The van der Waals surface area contributed by atoms with Crippen LogP contribution >= 0.6 is 0 Å². The lowest BCUT2D eigenvalue weighted by Crippen LogP contribution is -2.51. The number of hydrogen-bond acceptors (Lipinski definition) is 5. The molecule has 2 aromatic heterocycles. The molecule has 2 atom stereocenters. The number of H-pyrrole nitrogens is 1. The van der Waals surface area contributed by atoms with Crippen LogP contribution in [0.5, 0.6) is 0 Å². The van der Waals surface area contributed by atoms with Crippen molar-refractivity contribution < 1.29 is 23.1 Å². The second-order valence-corrected chi connectivity index (χ2v) is 11.8. The first-order valence-corrected chi connectivity index (χ1v) is 14.0. The van der Waals surface area contributed by atoms with Gasteiger partial charge in [-0.3, -0.25) is 9.55 Å². The third-order valence-corrected chi connectivity index (χ3v) is 7.75. The maximum Gasteiger partial charge on any atom is 0.410 e. The molecular formula is C29H36F2N6O4. The Morgan fingerprint density at radius 1 is 1.02 bits per heavy atom. The Kier molecular flexibility index (Phi) is 8.01. The van der Waals surface area contributed by atoms with Gasteiger partial charge in [0.15, 0.2) is 17.3 Å². The molecule has 0 unspecified atom stereocenters. The second-order valence-electron chi connectivity index (χ2n) is 11.8. The quantitative estimate of drug-likeness (QED) is 0.481. The van der Waals surface area contributed by atoms with Crippen molar-refractivity contribution in [2.75, 3.05) is 26.2 Å². The van der Waals surface area contributed by atoms with Gasteiger partial charge in [-0.1, -0.05) is 12.1 Å². The van der Waals surface area contributed by atoms with Crippen LogP contribution in [0.3, 0.4) is 0 Å². The van der Waals surface area contributed by atoms with Gasteiger partial charge in [0.25, 0.3) is 0 Å². The fourth-order valence-corrected chi connectivity index (χ4v) is 5.79. The van der Waals surface area contributed by atoms with Gasteiger partial charge >= 0.3 is 17.8 Å². The highest BCUT2D eigenvalue weighted by molar-refractivity contribution is 5.75. The number of piperidine rings is 1. The molecule has 1 aromatic carbocycles. The number of aromatic nitrogens is 3. The van der Waals surface area contributed by atoms with Gasteiger partial charge in [-0.15, -0.1) is 0 Å². The first-order chi connectivity index (χ1) is 19.5. The molecule has 0 spiro atoms. The van der Waals surface area contributed by atoms with Crippen molar-refractivity contribution in [1.82, 2.24) is 29.7 Å². The van der Waals surface area contributed by atoms with Crippen molar-refractivity contribution in [3.05, 3.63) is 64.2 Å². The zero-order chi connectivity index (χ0) is 29.3. The van der Waals surface area contributed by atoms with E-state index in [-0.39, 0.29) is 36.4 Å². The zero-order valence-corrected chi connectivity index (χ0v) is 23.5. The monoisotopic (exact) mass is 570 g/mol. The maximum absolute atomic E-state index is 14.7. The summed E-state index contributed by atoms with van der Waals surface area (Å²) in [7, 11) is 0. The highest BCUT2D eigenvalue weighted by Crippen LogP contribution is 2.31. The number of nitrogens with zero attached hydrogens (tertiary/aromatic N) is 4. The highest BCUT2D eigenvalue weighted by Gasteiger charge is 2.34. The van der Waals surface area contributed by atoms with E-state index < -0.39 is 35.3 Å². The normalized spacial score (nSPS) is 20.6. The Morgan fingerprint density at radius 2 is 1.78 bits per heavy atom. The van der Waals surface area contributed by atoms with Crippen LogP contribution in [0, 0.1) is 11.6 Å². The van der Waals surface area contributed by atoms with E-state index in [1.54, 1.807) is 42.5 Å². The fraction of sp³-hybridized carbons (Fsp3) is 0.517. The molecule has 2 N–H and O–H groups in total. The summed E-state index contributed by atoms with van der Waals surface area (Å²) in [6.45, 7) is 6.51. The summed E-state index contributed by atoms with van der Waals surface area (Å²) < 4.78 is 36.0. The van der Waals surface area contributed by atoms with Crippen LogP contribution in [-0.4, -0.2) is 74.3 Å². The van der Waals surface area contributed by atoms with Gasteiger partial charge in [0.1, 0.15) is 5.60 Å². The van der Waals surface area contributed by atoms with Crippen molar-refractivity contribution in [2.24, 2.45) is 0 Å². The van der Waals surface area contributed by atoms with Crippen LogP contribution in [0.25, 0.3) is 11.2 Å². The third-order valence-electron chi connectivity index (χ3n) is 7.75. The summed E-state index contributed by atoms with van der Waals surface area (Å²) >= 11 is 0. The lowest BCUT2D eigenvalue weighted by Gasteiger charge is -2.34. The van der Waals surface area contributed by atoms with E-state index in [0.717, 1.165) is 11.6 Å². The molecule has 0 aliphatic carbocycles. The number of rotatable bonds is 3. The van der Waals surface area contributed by atoms with Crippen LogP contribution < -0.4 is 11.0 Å². The number of carbonyl (C=O) groups is 2. The molecule has 10 nitrogen and oxygen atoms in total. The van der Waals surface area contributed by atoms with E-state index in [2.05, 4.69) is 15.3 Å². The Labute approximate surface area is 236 Å². The van der Waals surface area contributed by atoms with Gasteiger partial charge in [0, 0.05) is 50.4 Å². The first-order valence-electron chi connectivity index (χ1n) is 14.0. The smallest absolute Gasteiger partial charge is 0.410 e. The van der Waals surface area contributed by atoms with Gasteiger partial charge in [-0.25, -0.2) is 28.1 Å². The summed E-state index contributed by atoms with van der Waals surface area (Å²) in [4.78, 5) is 49.1. The SMILES string of the molecule is CC(C)(C)OC(=O)N1C[C@H](NC(=O)N2CCC(n3c(=O)[nH]c4ncccc43)CC2)CC[C@@H](c2cccc(F)c2F)C1. The minimum atomic E-state index is -0.935. The Morgan fingerprint density at radius 3 is 2.51 bits per heavy atom. The van der Waals surface area contributed by atoms with Gasteiger partial charge in [0.05, 0.1) is 5.52 Å². The van der Waals surface area contributed by atoms with Crippen molar-refractivity contribution in [3.8, 4) is 0 Å². The van der Waals surface area contributed by atoms with E-state index in [9.17, 15) is 23.2 Å². The minimum Gasteiger partial charge on any atom is -0.444 e. The number of fused-ring (bicyclic) bond motifs is 1. The maximum atomic E-state index is 14.7. The van der Waals surface area contributed by atoms with Crippen molar-refractivity contribution in [3.63, 3.8) is 0 Å². The molecule has 4 heterocycles. The van der Waals surface area contributed by atoms with Crippen LogP contribution in [0.2, 0.25) is 0 Å². The van der Waals surface area contributed by atoms with E-state index in [1.165, 1.54) is 17.0 Å². The lowest BCUT2D eigenvalue weighted by molar-refractivity contribution is 0.0235. The largest absolute Gasteiger partial charge is 0.444 e. The number of urea groups is 1. The number of ether oxygens (including phenoxy) is 1. The average Bonchev–Trinajstić information content (AvgIpc) is 3.11. The molecule has 0 bridgehead atoms. The van der Waals surface area contributed by atoms with Crippen LogP contribution in [-0.2, 0) is 4.74 Å². The summed E-state index contributed by atoms with van der Waals surface area (Å²) in [6.07, 6.45) is 3.18. The Hall–Kier alpha value is -3.96. The molecule has 5 rings (SSSR count). The second kappa shape index (κ2) is 11.5. The number of carbonyl (C=O) groups excluding carboxylic acids is 2. The topological polar surface area (TPSA) is 113 Å². The molecule has 2 saturated heterocycles. The van der Waals surface area contributed by atoms with E-state index in [0.29, 0.717) is 44.4 Å². The number of pyridine rings is 1. The van der Waals surface area contributed by atoms with E-state index >= 15 is 0 Å². The van der Waals surface area contributed by atoms with Crippen LogP contribution in [0.4, 0.5) is 18.4 Å². The molecule has 2 aliphatic heterocycles.